The van der Waals surface area contributed by atoms with Gasteiger partial charge in [-0.15, -0.1) is 0 Å². The maximum atomic E-state index is 13.1. The van der Waals surface area contributed by atoms with Crippen molar-refractivity contribution in [2.45, 2.75) is 26.2 Å². The third-order valence-electron chi connectivity index (χ3n) is 5.25. The first kappa shape index (κ1) is 17.3. The molecule has 0 spiro atoms. The predicted octanol–water partition coefficient (Wildman–Crippen LogP) is 6.73. The van der Waals surface area contributed by atoms with Crippen molar-refractivity contribution in [2.24, 2.45) is 0 Å². The van der Waals surface area contributed by atoms with Crippen LogP contribution in [0.1, 0.15) is 42.1 Å². The Hall–Kier alpha value is -3.13. The van der Waals surface area contributed by atoms with E-state index in [4.69, 9.17) is 4.74 Å². The van der Waals surface area contributed by atoms with Gasteiger partial charge in [0.1, 0.15) is 5.75 Å². The fraction of sp³-hybridized carbons (Fsp3) is 0.160. The number of esters is 1. The van der Waals surface area contributed by atoms with Gasteiger partial charge in [-0.25, -0.2) is 4.79 Å². The first-order valence-electron chi connectivity index (χ1n) is 9.40. The van der Waals surface area contributed by atoms with Gasteiger partial charge in [0, 0.05) is 0 Å². The molecule has 0 aliphatic carbocycles. The van der Waals surface area contributed by atoms with Crippen LogP contribution in [0.4, 0.5) is 0 Å². The summed E-state index contributed by atoms with van der Waals surface area (Å²) < 4.78 is 5.75. The fourth-order valence-electron chi connectivity index (χ4n) is 3.49. The van der Waals surface area contributed by atoms with Crippen molar-refractivity contribution in [3.8, 4) is 5.75 Å². The zero-order chi connectivity index (χ0) is 18.8. The molecule has 1 unspecified atom stereocenters. The molecule has 0 bridgehead atoms. The summed E-state index contributed by atoms with van der Waals surface area (Å²) >= 11 is 0. The fourth-order valence-corrected chi connectivity index (χ4v) is 3.49. The summed E-state index contributed by atoms with van der Waals surface area (Å²) in [6.07, 6.45) is 1.08. The maximum Gasteiger partial charge on any atom is 0.344 e. The number of carbonyl (C=O) groups excluding carboxylic acids is 1. The normalized spacial score (nSPS) is 12.2. The zero-order valence-electron chi connectivity index (χ0n) is 15.6. The number of hydrogen-bond acceptors (Lipinski definition) is 2. The number of fused-ring (bicyclic) bond motifs is 2. The van der Waals surface area contributed by atoms with E-state index >= 15 is 0 Å². The average Bonchev–Trinajstić information content (AvgIpc) is 2.71. The summed E-state index contributed by atoms with van der Waals surface area (Å²) in [7, 11) is 0. The Morgan fingerprint density at radius 3 is 1.96 bits per heavy atom. The molecule has 0 saturated heterocycles. The minimum Gasteiger partial charge on any atom is -0.423 e. The first-order chi connectivity index (χ1) is 13.2. The molecule has 2 heteroatoms. The Labute approximate surface area is 159 Å². The van der Waals surface area contributed by atoms with E-state index in [0.717, 1.165) is 28.0 Å². The van der Waals surface area contributed by atoms with Gasteiger partial charge in [0.25, 0.3) is 0 Å². The van der Waals surface area contributed by atoms with E-state index in [0.29, 0.717) is 17.2 Å². The van der Waals surface area contributed by atoms with Gasteiger partial charge in [0.2, 0.25) is 0 Å². The lowest BCUT2D eigenvalue weighted by Crippen LogP contribution is -2.10. The highest BCUT2D eigenvalue weighted by atomic mass is 16.5. The summed E-state index contributed by atoms with van der Waals surface area (Å²) in [4.78, 5) is 13.1. The van der Waals surface area contributed by atoms with Gasteiger partial charge >= 0.3 is 5.97 Å². The molecule has 0 heterocycles. The van der Waals surface area contributed by atoms with E-state index in [1.807, 2.05) is 72.8 Å². The van der Waals surface area contributed by atoms with Crippen LogP contribution in [0.5, 0.6) is 5.75 Å². The molecule has 1 atom stereocenters. The van der Waals surface area contributed by atoms with Crippen LogP contribution >= 0.6 is 0 Å². The van der Waals surface area contributed by atoms with E-state index in [1.165, 1.54) is 5.56 Å². The number of rotatable bonds is 4. The lowest BCUT2D eigenvalue weighted by Gasteiger charge is -2.12. The van der Waals surface area contributed by atoms with Crippen LogP contribution in [0.2, 0.25) is 0 Å². The van der Waals surface area contributed by atoms with Gasteiger partial charge < -0.3 is 4.74 Å². The Morgan fingerprint density at radius 1 is 0.852 bits per heavy atom. The lowest BCUT2D eigenvalue weighted by molar-refractivity contribution is 0.0739. The van der Waals surface area contributed by atoms with E-state index in [-0.39, 0.29) is 5.97 Å². The second-order valence-corrected chi connectivity index (χ2v) is 6.96. The summed E-state index contributed by atoms with van der Waals surface area (Å²) in [5.41, 5.74) is 1.88. The van der Waals surface area contributed by atoms with Gasteiger partial charge in [-0.3, -0.25) is 0 Å². The molecule has 4 aromatic carbocycles. The van der Waals surface area contributed by atoms with Crippen molar-refractivity contribution >= 4 is 27.5 Å². The molecule has 0 aromatic heterocycles. The summed E-state index contributed by atoms with van der Waals surface area (Å²) in [5.74, 6) is 0.750. The Morgan fingerprint density at radius 2 is 1.41 bits per heavy atom. The molecular formula is C25H22O2. The van der Waals surface area contributed by atoms with Crippen molar-refractivity contribution in [1.29, 1.82) is 0 Å². The van der Waals surface area contributed by atoms with Crippen LogP contribution < -0.4 is 4.74 Å². The summed E-state index contributed by atoms with van der Waals surface area (Å²) in [6, 6.07) is 25.8. The molecule has 134 valence electrons. The van der Waals surface area contributed by atoms with Gasteiger partial charge in [-0.2, -0.15) is 0 Å². The highest BCUT2D eigenvalue weighted by Crippen LogP contribution is 2.30. The summed E-state index contributed by atoms with van der Waals surface area (Å²) in [5, 5.41) is 3.90. The van der Waals surface area contributed by atoms with E-state index < -0.39 is 0 Å². The van der Waals surface area contributed by atoms with Crippen LogP contribution in [-0.2, 0) is 0 Å². The second-order valence-electron chi connectivity index (χ2n) is 6.96. The molecule has 0 N–H and O–H groups in total. The van der Waals surface area contributed by atoms with Crippen molar-refractivity contribution < 1.29 is 9.53 Å². The highest BCUT2D eigenvalue weighted by molar-refractivity contribution is 6.16. The third kappa shape index (κ3) is 3.31. The Balaban J connectivity index is 1.75. The van der Waals surface area contributed by atoms with E-state index in [1.54, 1.807) is 0 Å². The van der Waals surface area contributed by atoms with Crippen LogP contribution in [0.25, 0.3) is 21.5 Å². The monoisotopic (exact) mass is 354 g/mol. The Bertz CT molecular complexity index is 1060. The van der Waals surface area contributed by atoms with E-state index in [9.17, 15) is 4.79 Å². The molecule has 0 saturated carbocycles. The van der Waals surface area contributed by atoms with Crippen molar-refractivity contribution in [3.05, 3.63) is 90.0 Å². The van der Waals surface area contributed by atoms with E-state index in [2.05, 4.69) is 19.9 Å². The SMILES string of the molecule is CCC(C)c1ccc(OC(=O)c2c3ccccc3cc3ccccc23)cc1. The number of hydrogen-bond donors (Lipinski definition) is 0. The second kappa shape index (κ2) is 7.24. The highest BCUT2D eigenvalue weighted by Gasteiger charge is 2.17. The smallest absolute Gasteiger partial charge is 0.344 e. The predicted molar refractivity (Wildman–Crippen MR) is 112 cm³/mol. The molecule has 4 aromatic rings. The molecule has 0 fully saturated rings. The minimum absolute atomic E-state index is 0.320. The van der Waals surface area contributed by atoms with Gasteiger partial charge in [-0.05, 0) is 57.6 Å². The zero-order valence-corrected chi connectivity index (χ0v) is 15.6. The van der Waals surface area contributed by atoms with Crippen LogP contribution in [0, 0.1) is 0 Å². The number of carbonyl (C=O) groups is 1. The van der Waals surface area contributed by atoms with Gasteiger partial charge in [0.05, 0.1) is 5.56 Å². The number of benzene rings is 4. The molecule has 0 radical (unpaired) electrons. The van der Waals surface area contributed by atoms with Gasteiger partial charge in [0.15, 0.2) is 0 Å². The van der Waals surface area contributed by atoms with Crippen molar-refractivity contribution in [1.82, 2.24) is 0 Å². The molecule has 4 rings (SSSR count). The molecular weight excluding hydrogens is 332 g/mol. The minimum atomic E-state index is -0.320. The topological polar surface area (TPSA) is 26.3 Å². The standard InChI is InChI=1S/C25H22O2/c1-3-17(2)18-12-14-21(15-13-18)27-25(26)24-22-10-6-4-8-19(22)16-20-9-5-7-11-23(20)24/h4-17H,3H2,1-2H3. The molecule has 0 amide bonds. The number of ether oxygens (including phenoxy) is 1. The van der Waals surface area contributed by atoms with Gasteiger partial charge in [-0.1, -0.05) is 74.5 Å². The molecule has 0 aliphatic heterocycles. The summed E-state index contributed by atoms with van der Waals surface area (Å²) in [6.45, 7) is 4.37. The van der Waals surface area contributed by atoms with Crippen LogP contribution in [0.3, 0.4) is 0 Å². The molecule has 2 nitrogen and oxygen atoms in total. The van der Waals surface area contributed by atoms with Crippen LogP contribution in [-0.4, -0.2) is 5.97 Å². The maximum absolute atomic E-state index is 13.1. The van der Waals surface area contributed by atoms with Crippen LogP contribution in [0.15, 0.2) is 78.9 Å². The quantitative estimate of drug-likeness (QED) is 0.231. The lowest BCUT2D eigenvalue weighted by atomic mass is 9.97. The third-order valence-corrected chi connectivity index (χ3v) is 5.25. The average molecular weight is 354 g/mol. The first-order valence-corrected chi connectivity index (χ1v) is 9.40. The Kier molecular flexibility index (Phi) is 4.64. The molecule has 27 heavy (non-hydrogen) atoms. The van der Waals surface area contributed by atoms with Crippen molar-refractivity contribution in [2.75, 3.05) is 0 Å². The van der Waals surface area contributed by atoms with Crippen molar-refractivity contribution in [3.63, 3.8) is 0 Å². The molecule has 0 aliphatic rings. The largest absolute Gasteiger partial charge is 0.423 e.